The van der Waals surface area contributed by atoms with E-state index in [-0.39, 0.29) is 11.2 Å². The minimum atomic E-state index is -0.493. The first kappa shape index (κ1) is 21.4. The highest BCUT2D eigenvalue weighted by Gasteiger charge is 2.21. The summed E-state index contributed by atoms with van der Waals surface area (Å²) in [4.78, 5) is 31.2. The van der Waals surface area contributed by atoms with Crippen LogP contribution >= 0.6 is 11.3 Å². The van der Waals surface area contributed by atoms with Crippen molar-refractivity contribution in [1.29, 1.82) is 0 Å². The number of benzene rings is 3. The quantitative estimate of drug-likeness (QED) is 0.203. The fourth-order valence-electron chi connectivity index (χ4n) is 4.46. The van der Waals surface area contributed by atoms with Gasteiger partial charge in [-0.05, 0) is 60.9 Å². The van der Waals surface area contributed by atoms with Crippen molar-refractivity contribution in [1.82, 2.24) is 4.98 Å². The van der Waals surface area contributed by atoms with Crippen molar-refractivity contribution < 1.29 is 13.2 Å². The summed E-state index contributed by atoms with van der Waals surface area (Å²) in [5.41, 5.74) is 2.81. The fraction of sp³-hybridized carbons (Fsp3) is 0.107. The third-order valence-electron chi connectivity index (χ3n) is 6.16. The summed E-state index contributed by atoms with van der Waals surface area (Å²) >= 11 is 1.40. The van der Waals surface area contributed by atoms with E-state index in [2.05, 4.69) is 4.98 Å². The summed E-state index contributed by atoms with van der Waals surface area (Å²) < 4.78 is 26.4. The largest absolute Gasteiger partial charge is 0.460 e. The molecule has 3 aromatic carbocycles. The van der Waals surface area contributed by atoms with E-state index >= 15 is 0 Å². The molecule has 0 unspecified atom stereocenters. The number of hydrogen-bond donors (Lipinski definition) is 0. The zero-order valence-electron chi connectivity index (χ0n) is 18.8. The normalized spacial score (nSPS) is 11.6. The molecule has 6 aromatic rings. The zero-order valence-corrected chi connectivity index (χ0v) is 19.7. The van der Waals surface area contributed by atoms with Gasteiger partial charge in [0.15, 0.2) is 0 Å². The highest BCUT2D eigenvalue weighted by Crippen LogP contribution is 2.35. The SMILES string of the molecule is CCc1cc2c(=O)c(-c3ccc(F)cc3)c(C)oc2c2cc(-c3nc4ccccc4s3)c(=O)oc12. The second kappa shape index (κ2) is 7.99. The Labute approximate surface area is 202 Å². The van der Waals surface area contributed by atoms with Crippen molar-refractivity contribution in [2.24, 2.45) is 0 Å². The van der Waals surface area contributed by atoms with E-state index in [4.69, 9.17) is 8.83 Å². The molecule has 172 valence electrons. The summed E-state index contributed by atoms with van der Waals surface area (Å²) in [5, 5.41) is 1.46. The highest BCUT2D eigenvalue weighted by molar-refractivity contribution is 7.21. The molecule has 0 saturated carbocycles. The van der Waals surface area contributed by atoms with Crippen LogP contribution in [0.3, 0.4) is 0 Å². The first-order valence-electron chi connectivity index (χ1n) is 11.1. The highest BCUT2D eigenvalue weighted by atomic mass is 32.1. The van der Waals surface area contributed by atoms with E-state index in [1.165, 1.54) is 23.5 Å². The fourth-order valence-corrected chi connectivity index (χ4v) is 5.43. The molecule has 7 heteroatoms. The maximum atomic E-state index is 13.6. The number of aromatic nitrogens is 1. The summed E-state index contributed by atoms with van der Waals surface area (Å²) in [7, 11) is 0. The average molecular weight is 484 g/mol. The molecule has 3 aromatic heterocycles. The summed E-state index contributed by atoms with van der Waals surface area (Å²) in [5.74, 6) is 0.0145. The molecule has 0 radical (unpaired) electrons. The Kier molecular flexibility index (Phi) is 4.89. The molecule has 0 amide bonds. The van der Waals surface area contributed by atoms with Gasteiger partial charge in [-0.2, -0.15) is 0 Å². The Hall–Kier alpha value is -4.10. The van der Waals surface area contributed by atoms with Gasteiger partial charge in [0.1, 0.15) is 27.8 Å². The smallest absolute Gasteiger partial charge is 0.346 e. The Morgan fingerprint density at radius 2 is 1.71 bits per heavy atom. The van der Waals surface area contributed by atoms with E-state index in [0.29, 0.717) is 55.8 Å². The van der Waals surface area contributed by atoms with Crippen molar-refractivity contribution in [2.75, 3.05) is 0 Å². The first-order valence-corrected chi connectivity index (χ1v) is 11.9. The Bertz CT molecular complexity index is 1860. The van der Waals surface area contributed by atoms with Gasteiger partial charge < -0.3 is 8.83 Å². The maximum absolute atomic E-state index is 13.6. The van der Waals surface area contributed by atoms with Crippen LogP contribution in [0.15, 0.2) is 79.1 Å². The van der Waals surface area contributed by atoms with Crippen LogP contribution < -0.4 is 11.1 Å². The second-order valence-corrected chi connectivity index (χ2v) is 9.34. The van der Waals surface area contributed by atoms with E-state index in [9.17, 15) is 14.0 Å². The predicted molar refractivity (Wildman–Crippen MR) is 137 cm³/mol. The lowest BCUT2D eigenvalue weighted by Gasteiger charge is -2.11. The van der Waals surface area contributed by atoms with Gasteiger partial charge in [0.05, 0.1) is 32.1 Å². The second-order valence-electron chi connectivity index (χ2n) is 8.31. The van der Waals surface area contributed by atoms with Crippen LogP contribution in [0.1, 0.15) is 18.2 Å². The van der Waals surface area contributed by atoms with Crippen LogP contribution in [-0.2, 0) is 6.42 Å². The molecule has 0 N–H and O–H groups in total. The summed E-state index contributed by atoms with van der Waals surface area (Å²) in [6.07, 6.45) is 0.551. The Balaban J connectivity index is 1.68. The van der Waals surface area contributed by atoms with Crippen LogP contribution in [0, 0.1) is 12.7 Å². The monoisotopic (exact) mass is 483 g/mol. The van der Waals surface area contributed by atoms with Crippen LogP contribution in [0.5, 0.6) is 0 Å². The number of nitrogens with zero attached hydrogens (tertiary/aromatic N) is 1. The molecule has 0 spiro atoms. The Morgan fingerprint density at radius 1 is 0.943 bits per heavy atom. The molecule has 3 heterocycles. The van der Waals surface area contributed by atoms with Gasteiger partial charge in [0, 0.05) is 0 Å². The molecule has 5 nitrogen and oxygen atoms in total. The molecule has 35 heavy (non-hydrogen) atoms. The van der Waals surface area contributed by atoms with Crippen LogP contribution in [-0.4, -0.2) is 4.98 Å². The van der Waals surface area contributed by atoms with Crippen molar-refractivity contribution in [3.63, 3.8) is 0 Å². The number of thiazole rings is 1. The van der Waals surface area contributed by atoms with E-state index < -0.39 is 5.63 Å². The number of aryl methyl sites for hydroxylation is 2. The van der Waals surface area contributed by atoms with Crippen LogP contribution in [0.2, 0.25) is 0 Å². The van der Waals surface area contributed by atoms with Gasteiger partial charge in [-0.1, -0.05) is 31.2 Å². The van der Waals surface area contributed by atoms with Gasteiger partial charge in [0.2, 0.25) is 5.43 Å². The lowest BCUT2D eigenvalue weighted by molar-refractivity contribution is 0.553. The Morgan fingerprint density at radius 3 is 2.46 bits per heavy atom. The van der Waals surface area contributed by atoms with Crippen molar-refractivity contribution in [3.05, 3.63) is 98.4 Å². The number of para-hydroxylation sites is 1. The lowest BCUT2D eigenvalue weighted by atomic mass is 9.99. The third-order valence-corrected chi connectivity index (χ3v) is 7.23. The molecular weight excluding hydrogens is 465 g/mol. The molecule has 0 atom stereocenters. The summed E-state index contributed by atoms with van der Waals surface area (Å²) in [6.45, 7) is 3.63. The minimum Gasteiger partial charge on any atom is -0.460 e. The lowest BCUT2D eigenvalue weighted by Crippen LogP contribution is -2.10. The van der Waals surface area contributed by atoms with E-state index in [1.807, 2.05) is 31.2 Å². The summed E-state index contributed by atoms with van der Waals surface area (Å²) in [6, 6.07) is 16.8. The van der Waals surface area contributed by atoms with Crippen LogP contribution in [0.4, 0.5) is 4.39 Å². The van der Waals surface area contributed by atoms with Crippen molar-refractivity contribution in [3.8, 4) is 21.7 Å². The van der Waals surface area contributed by atoms with Gasteiger partial charge in [-0.3, -0.25) is 4.79 Å². The third kappa shape index (κ3) is 3.39. The van der Waals surface area contributed by atoms with Crippen LogP contribution in [0.25, 0.3) is 53.9 Å². The number of fused-ring (bicyclic) bond motifs is 4. The molecule has 0 fully saturated rings. The minimum absolute atomic E-state index is 0.223. The van der Waals surface area contributed by atoms with Crippen molar-refractivity contribution in [2.45, 2.75) is 20.3 Å². The standard InChI is InChI=1S/C28H18FNO4S/c1-3-15-12-18-24(31)23(16-8-10-17(29)11-9-16)14(2)33-26(18)19-13-20(28(32)34-25(15)19)27-30-21-6-4-5-7-22(21)35-27/h4-13H,3H2,1-2H3. The van der Waals surface area contributed by atoms with E-state index in [1.54, 1.807) is 31.2 Å². The molecule has 6 rings (SSSR count). The number of halogens is 1. The maximum Gasteiger partial charge on any atom is 0.346 e. The van der Waals surface area contributed by atoms with Gasteiger partial charge in [0.25, 0.3) is 0 Å². The zero-order chi connectivity index (χ0) is 24.3. The molecule has 0 aliphatic carbocycles. The number of hydrogen-bond acceptors (Lipinski definition) is 6. The van der Waals surface area contributed by atoms with Gasteiger partial charge in [-0.15, -0.1) is 11.3 Å². The van der Waals surface area contributed by atoms with E-state index in [0.717, 1.165) is 15.8 Å². The topological polar surface area (TPSA) is 73.3 Å². The number of rotatable bonds is 3. The van der Waals surface area contributed by atoms with Gasteiger partial charge >= 0.3 is 5.63 Å². The molecule has 0 aliphatic heterocycles. The molecule has 0 bridgehead atoms. The first-order chi connectivity index (χ1) is 16.9. The molecule has 0 saturated heterocycles. The average Bonchev–Trinajstić information content (AvgIpc) is 3.28. The predicted octanol–water partition coefficient (Wildman–Crippen LogP) is 6.85. The molecular formula is C28H18FNO4S. The van der Waals surface area contributed by atoms with Crippen molar-refractivity contribution >= 4 is 43.5 Å². The van der Waals surface area contributed by atoms with Gasteiger partial charge in [-0.25, -0.2) is 14.2 Å². The molecule has 0 aliphatic rings.